The zero-order chi connectivity index (χ0) is 12.1. The minimum absolute atomic E-state index is 0.706. The van der Waals surface area contributed by atoms with Crippen LogP contribution >= 0.6 is 0 Å². The lowest BCUT2D eigenvalue weighted by Gasteiger charge is -2.18. The molecular formula is C13H16N2O2. The van der Waals surface area contributed by atoms with Gasteiger partial charge in [-0.25, -0.2) is 0 Å². The third-order valence-electron chi connectivity index (χ3n) is 2.73. The summed E-state index contributed by atoms with van der Waals surface area (Å²) in [5, 5.41) is 3.74. The van der Waals surface area contributed by atoms with Crippen LogP contribution in [0.4, 0.5) is 0 Å². The van der Waals surface area contributed by atoms with Gasteiger partial charge in [0.2, 0.25) is 0 Å². The standard InChI is InChI=1S/C12H11NO2.CH5N/c1-2-9-8-14-7-5-10(9)11(3-1)12-4-6-13-15-12;1-2/h1-4,6H,5,7-8H2;2H2,1H3. The van der Waals surface area contributed by atoms with Gasteiger partial charge in [-0.1, -0.05) is 23.4 Å². The van der Waals surface area contributed by atoms with Crippen molar-refractivity contribution in [2.75, 3.05) is 13.7 Å². The zero-order valence-corrected chi connectivity index (χ0v) is 9.85. The molecule has 0 spiro atoms. The maximum Gasteiger partial charge on any atom is 0.167 e. The molecule has 2 aromatic rings. The van der Waals surface area contributed by atoms with Gasteiger partial charge in [0.05, 0.1) is 19.4 Å². The molecular weight excluding hydrogens is 216 g/mol. The second-order valence-electron chi connectivity index (χ2n) is 3.62. The normalized spacial score (nSPS) is 13.5. The Kier molecular flexibility index (Phi) is 3.90. The van der Waals surface area contributed by atoms with Crippen molar-refractivity contribution in [2.24, 2.45) is 5.73 Å². The van der Waals surface area contributed by atoms with Gasteiger partial charge in [0, 0.05) is 11.6 Å². The Bertz CT molecular complexity index is 466. The Hall–Kier alpha value is -1.65. The van der Waals surface area contributed by atoms with E-state index in [0.717, 1.165) is 24.4 Å². The quantitative estimate of drug-likeness (QED) is 0.816. The molecule has 4 heteroatoms. The highest BCUT2D eigenvalue weighted by Crippen LogP contribution is 2.28. The zero-order valence-electron chi connectivity index (χ0n) is 9.85. The van der Waals surface area contributed by atoms with E-state index in [0.29, 0.717) is 6.61 Å². The maximum absolute atomic E-state index is 5.42. The van der Waals surface area contributed by atoms with Crippen molar-refractivity contribution in [2.45, 2.75) is 13.0 Å². The number of hydrogen-bond donors (Lipinski definition) is 1. The Balaban J connectivity index is 0.000000514. The first-order valence-corrected chi connectivity index (χ1v) is 5.62. The van der Waals surface area contributed by atoms with E-state index in [9.17, 15) is 0 Å². The molecule has 17 heavy (non-hydrogen) atoms. The van der Waals surface area contributed by atoms with E-state index in [4.69, 9.17) is 9.26 Å². The molecule has 2 N–H and O–H groups in total. The number of aromatic nitrogens is 1. The van der Waals surface area contributed by atoms with Crippen molar-refractivity contribution in [1.29, 1.82) is 0 Å². The minimum atomic E-state index is 0.706. The summed E-state index contributed by atoms with van der Waals surface area (Å²) in [6.07, 6.45) is 2.63. The molecule has 1 aliphatic heterocycles. The van der Waals surface area contributed by atoms with E-state index in [1.807, 2.05) is 12.1 Å². The molecule has 0 saturated carbocycles. The molecule has 0 saturated heterocycles. The predicted molar refractivity (Wildman–Crippen MR) is 65.4 cm³/mol. The van der Waals surface area contributed by atoms with Crippen LogP contribution in [0.2, 0.25) is 0 Å². The Morgan fingerprint density at radius 1 is 1.24 bits per heavy atom. The first-order chi connectivity index (χ1) is 8.45. The summed E-state index contributed by atoms with van der Waals surface area (Å²) in [4.78, 5) is 0. The van der Waals surface area contributed by atoms with Gasteiger partial charge in [0.25, 0.3) is 0 Å². The van der Waals surface area contributed by atoms with Gasteiger partial charge in [-0.15, -0.1) is 0 Å². The highest BCUT2D eigenvalue weighted by atomic mass is 16.5. The number of ether oxygens (including phenoxy) is 1. The first kappa shape index (κ1) is 11.8. The summed E-state index contributed by atoms with van der Waals surface area (Å²) in [7, 11) is 1.50. The van der Waals surface area contributed by atoms with Crippen LogP contribution in [0, 0.1) is 0 Å². The fourth-order valence-electron chi connectivity index (χ4n) is 2.01. The monoisotopic (exact) mass is 232 g/mol. The summed E-state index contributed by atoms with van der Waals surface area (Å²) in [6, 6.07) is 8.11. The number of hydrogen-bond acceptors (Lipinski definition) is 4. The van der Waals surface area contributed by atoms with Crippen LogP contribution in [0.1, 0.15) is 11.1 Å². The molecule has 90 valence electrons. The highest BCUT2D eigenvalue weighted by Gasteiger charge is 2.15. The SMILES string of the molecule is CN.c1cc2c(c(-c3ccno3)c1)CCOC2. The molecule has 0 aliphatic carbocycles. The van der Waals surface area contributed by atoms with Crippen molar-refractivity contribution >= 4 is 0 Å². The maximum atomic E-state index is 5.42. The van der Waals surface area contributed by atoms with Crippen molar-refractivity contribution in [1.82, 2.24) is 5.16 Å². The van der Waals surface area contributed by atoms with Crippen LogP contribution in [-0.4, -0.2) is 18.8 Å². The Labute approximate surface area is 100 Å². The number of rotatable bonds is 1. The number of nitrogens with zero attached hydrogens (tertiary/aromatic N) is 1. The Morgan fingerprint density at radius 3 is 2.88 bits per heavy atom. The molecule has 4 nitrogen and oxygen atoms in total. The summed E-state index contributed by atoms with van der Waals surface area (Å²) in [6.45, 7) is 1.50. The van der Waals surface area contributed by atoms with Gasteiger partial charge in [-0.05, 0) is 24.6 Å². The smallest absolute Gasteiger partial charge is 0.167 e. The van der Waals surface area contributed by atoms with Crippen molar-refractivity contribution in [3.05, 3.63) is 41.6 Å². The van der Waals surface area contributed by atoms with Gasteiger partial charge in [0.15, 0.2) is 5.76 Å². The summed E-state index contributed by atoms with van der Waals surface area (Å²) in [5.74, 6) is 0.841. The second kappa shape index (κ2) is 5.61. The predicted octanol–water partition coefficient (Wildman–Crippen LogP) is 1.99. The Morgan fingerprint density at radius 2 is 2.12 bits per heavy atom. The molecule has 0 fully saturated rings. The molecule has 1 aromatic carbocycles. The fraction of sp³-hybridized carbons (Fsp3) is 0.308. The van der Waals surface area contributed by atoms with Gasteiger partial charge in [-0.2, -0.15) is 0 Å². The summed E-state index contributed by atoms with van der Waals surface area (Å²) >= 11 is 0. The second-order valence-corrected chi connectivity index (χ2v) is 3.62. The van der Waals surface area contributed by atoms with Crippen LogP contribution < -0.4 is 5.73 Å². The summed E-state index contributed by atoms with van der Waals surface area (Å²) in [5.41, 5.74) is 8.24. The van der Waals surface area contributed by atoms with Crippen LogP contribution in [0.15, 0.2) is 35.0 Å². The number of nitrogens with two attached hydrogens (primary N) is 1. The van der Waals surface area contributed by atoms with Crippen LogP contribution in [0.25, 0.3) is 11.3 Å². The third-order valence-corrected chi connectivity index (χ3v) is 2.73. The fourth-order valence-corrected chi connectivity index (χ4v) is 2.01. The van der Waals surface area contributed by atoms with Crippen molar-refractivity contribution < 1.29 is 9.26 Å². The largest absolute Gasteiger partial charge is 0.376 e. The van der Waals surface area contributed by atoms with Crippen molar-refractivity contribution in [3.63, 3.8) is 0 Å². The van der Waals surface area contributed by atoms with E-state index < -0.39 is 0 Å². The van der Waals surface area contributed by atoms with Crippen LogP contribution in [0.3, 0.4) is 0 Å². The topological polar surface area (TPSA) is 61.3 Å². The molecule has 1 aromatic heterocycles. The molecule has 1 aliphatic rings. The average molecular weight is 232 g/mol. The molecule has 0 unspecified atom stereocenters. The number of benzene rings is 1. The van der Waals surface area contributed by atoms with E-state index in [2.05, 4.69) is 23.0 Å². The third kappa shape index (κ3) is 2.38. The van der Waals surface area contributed by atoms with Gasteiger partial charge in [0.1, 0.15) is 0 Å². The van der Waals surface area contributed by atoms with Gasteiger partial charge in [-0.3, -0.25) is 0 Å². The van der Waals surface area contributed by atoms with Crippen LogP contribution in [0.5, 0.6) is 0 Å². The molecule has 0 bridgehead atoms. The van der Waals surface area contributed by atoms with Crippen LogP contribution in [-0.2, 0) is 17.8 Å². The molecule has 0 amide bonds. The highest BCUT2D eigenvalue weighted by molar-refractivity contribution is 5.63. The van der Waals surface area contributed by atoms with E-state index in [1.54, 1.807) is 6.20 Å². The first-order valence-electron chi connectivity index (χ1n) is 5.62. The van der Waals surface area contributed by atoms with Crippen molar-refractivity contribution in [3.8, 4) is 11.3 Å². The molecule has 0 radical (unpaired) electrons. The lowest BCUT2D eigenvalue weighted by molar-refractivity contribution is 0.111. The molecule has 2 heterocycles. The number of fused-ring (bicyclic) bond motifs is 1. The lowest BCUT2D eigenvalue weighted by Crippen LogP contribution is -2.10. The average Bonchev–Trinajstić information content (AvgIpc) is 2.94. The van der Waals surface area contributed by atoms with E-state index >= 15 is 0 Å². The molecule has 3 rings (SSSR count). The van der Waals surface area contributed by atoms with Gasteiger partial charge >= 0.3 is 0 Å². The lowest BCUT2D eigenvalue weighted by atomic mass is 9.96. The van der Waals surface area contributed by atoms with E-state index in [1.165, 1.54) is 18.2 Å². The molecule has 0 atom stereocenters. The van der Waals surface area contributed by atoms with Gasteiger partial charge < -0.3 is 15.0 Å². The summed E-state index contributed by atoms with van der Waals surface area (Å²) < 4.78 is 10.6. The van der Waals surface area contributed by atoms with E-state index in [-0.39, 0.29) is 0 Å². The minimum Gasteiger partial charge on any atom is -0.376 e.